The van der Waals surface area contributed by atoms with Crippen molar-refractivity contribution in [2.45, 2.75) is 26.9 Å². The lowest BCUT2D eigenvalue weighted by Crippen LogP contribution is -2.24. The van der Waals surface area contributed by atoms with Gasteiger partial charge in [-0.1, -0.05) is 0 Å². The van der Waals surface area contributed by atoms with Crippen LogP contribution in [0, 0.1) is 6.92 Å². The molecule has 0 unspecified atom stereocenters. The normalized spacial score (nSPS) is 10.9. The predicted octanol–water partition coefficient (Wildman–Crippen LogP) is 1.20. The summed E-state index contributed by atoms with van der Waals surface area (Å²) in [5.41, 5.74) is 1.44. The van der Waals surface area contributed by atoms with E-state index >= 15 is 0 Å². The van der Waals surface area contributed by atoms with Crippen molar-refractivity contribution < 1.29 is 14.3 Å². The van der Waals surface area contributed by atoms with Gasteiger partial charge in [0.2, 0.25) is 5.88 Å². The van der Waals surface area contributed by atoms with Gasteiger partial charge in [0.25, 0.3) is 11.8 Å². The predicted molar refractivity (Wildman–Crippen MR) is 92.9 cm³/mol. The highest BCUT2D eigenvalue weighted by atomic mass is 16.5. The summed E-state index contributed by atoms with van der Waals surface area (Å²) in [5, 5.41) is 11.1. The Morgan fingerprint density at radius 3 is 2.40 bits per heavy atom. The van der Waals surface area contributed by atoms with E-state index < -0.39 is 5.91 Å². The highest BCUT2D eigenvalue weighted by Crippen LogP contribution is 2.22. The van der Waals surface area contributed by atoms with Gasteiger partial charge in [0.1, 0.15) is 0 Å². The van der Waals surface area contributed by atoms with Crippen molar-refractivity contribution in [2.75, 3.05) is 19.4 Å². The molecule has 2 rings (SSSR count). The summed E-state index contributed by atoms with van der Waals surface area (Å²) in [5.74, 6) is -0.227. The second-order valence-electron chi connectivity index (χ2n) is 6.24. The van der Waals surface area contributed by atoms with Crippen LogP contribution >= 0.6 is 0 Å². The first-order valence-electron chi connectivity index (χ1n) is 7.89. The first-order chi connectivity index (χ1) is 11.6. The van der Waals surface area contributed by atoms with E-state index in [0.29, 0.717) is 17.3 Å². The Labute approximate surface area is 146 Å². The Balaban J connectivity index is 2.31. The van der Waals surface area contributed by atoms with Crippen molar-refractivity contribution in [2.24, 2.45) is 14.1 Å². The largest absolute Gasteiger partial charge is 0.475 e. The fraction of sp³-hybridized carbons (Fsp3) is 0.500. The zero-order valence-corrected chi connectivity index (χ0v) is 15.6. The molecule has 2 heterocycles. The quantitative estimate of drug-likeness (QED) is 0.876. The smallest absolute Gasteiger partial charge is 0.276 e. The maximum Gasteiger partial charge on any atom is 0.276 e. The summed E-state index contributed by atoms with van der Waals surface area (Å²) in [6.07, 6.45) is -0.0313. The summed E-state index contributed by atoms with van der Waals surface area (Å²) < 4.78 is 8.64. The van der Waals surface area contributed by atoms with Crippen LogP contribution in [0.2, 0.25) is 0 Å². The molecular weight excluding hydrogens is 324 g/mol. The summed E-state index contributed by atoms with van der Waals surface area (Å²) >= 11 is 0. The molecule has 0 radical (unpaired) electrons. The number of rotatable bonds is 5. The average molecular weight is 348 g/mol. The molecule has 25 heavy (non-hydrogen) atoms. The molecule has 0 saturated carbocycles. The number of carbonyl (C=O) groups excluding carboxylic acids is 2. The molecule has 0 aromatic carbocycles. The van der Waals surface area contributed by atoms with Gasteiger partial charge in [-0.3, -0.25) is 14.3 Å². The van der Waals surface area contributed by atoms with Crippen molar-refractivity contribution in [1.29, 1.82) is 0 Å². The topological polar surface area (TPSA) is 94.3 Å². The molecule has 9 nitrogen and oxygen atoms in total. The Morgan fingerprint density at radius 2 is 1.84 bits per heavy atom. The van der Waals surface area contributed by atoms with E-state index in [0.717, 1.165) is 0 Å². The van der Waals surface area contributed by atoms with Crippen LogP contribution in [0.3, 0.4) is 0 Å². The SMILES string of the molecule is Cc1c(NC(=O)c2cc(OC(C)C)n(C)n2)c(C(=O)N(C)C)nn1C. The number of hydrogen-bond acceptors (Lipinski definition) is 5. The number of amides is 2. The zero-order valence-electron chi connectivity index (χ0n) is 15.6. The van der Waals surface area contributed by atoms with Crippen molar-refractivity contribution in [3.8, 4) is 5.88 Å². The van der Waals surface area contributed by atoms with Crippen LogP contribution in [-0.2, 0) is 14.1 Å². The van der Waals surface area contributed by atoms with Crippen LogP contribution in [0.15, 0.2) is 6.07 Å². The standard InChI is InChI=1S/C16H24N6O3/c1-9(2)25-12-8-11(18-22(12)7)15(23)17-13-10(3)21(6)19-14(13)16(24)20(4)5/h8-9H,1-7H3,(H,17,23). The molecule has 0 fully saturated rings. The minimum Gasteiger partial charge on any atom is -0.475 e. The lowest BCUT2D eigenvalue weighted by Gasteiger charge is -2.10. The lowest BCUT2D eigenvalue weighted by atomic mass is 10.2. The number of nitrogens with zero attached hydrogens (tertiary/aromatic N) is 5. The molecule has 0 aliphatic heterocycles. The first kappa shape index (κ1) is 18.5. The maximum absolute atomic E-state index is 12.6. The Hall–Kier alpha value is -2.84. The summed E-state index contributed by atoms with van der Waals surface area (Å²) in [7, 11) is 6.68. The summed E-state index contributed by atoms with van der Waals surface area (Å²) in [4.78, 5) is 26.3. The number of anilines is 1. The third kappa shape index (κ3) is 3.81. The highest BCUT2D eigenvalue weighted by Gasteiger charge is 2.24. The number of aromatic nitrogens is 4. The van der Waals surface area contributed by atoms with E-state index in [2.05, 4.69) is 15.5 Å². The molecule has 0 bridgehead atoms. The van der Waals surface area contributed by atoms with Crippen LogP contribution in [-0.4, -0.2) is 56.5 Å². The maximum atomic E-state index is 12.6. The summed E-state index contributed by atoms with van der Waals surface area (Å²) in [6.45, 7) is 5.57. The van der Waals surface area contributed by atoms with E-state index in [-0.39, 0.29) is 23.4 Å². The first-order valence-corrected chi connectivity index (χ1v) is 7.89. The monoisotopic (exact) mass is 348 g/mol. The number of aryl methyl sites for hydroxylation is 2. The van der Waals surface area contributed by atoms with Gasteiger partial charge in [-0.2, -0.15) is 10.2 Å². The van der Waals surface area contributed by atoms with E-state index in [1.807, 2.05) is 13.8 Å². The van der Waals surface area contributed by atoms with Gasteiger partial charge in [0.05, 0.1) is 17.5 Å². The van der Waals surface area contributed by atoms with E-state index in [1.165, 1.54) is 9.58 Å². The van der Waals surface area contributed by atoms with Gasteiger partial charge in [-0.15, -0.1) is 0 Å². The van der Waals surface area contributed by atoms with Crippen LogP contribution in [0.25, 0.3) is 0 Å². The Kier molecular flexibility index (Phi) is 5.15. The fourth-order valence-corrected chi connectivity index (χ4v) is 2.21. The Morgan fingerprint density at radius 1 is 1.20 bits per heavy atom. The molecule has 2 amide bonds. The number of nitrogens with one attached hydrogen (secondary N) is 1. The molecule has 0 spiro atoms. The molecule has 2 aromatic heterocycles. The van der Waals surface area contributed by atoms with E-state index in [9.17, 15) is 9.59 Å². The molecular formula is C16H24N6O3. The molecule has 0 atom stereocenters. The number of hydrogen-bond donors (Lipinski definition) is 1. The molecule has 0 saturated heterocycles. The van der Waals surface area contributed by atoms with Crippen LogP contribution in [0.1, 0.15) is 40.5 Å². The van der Waals surface area contributed by atoms with Gasteiger partial charge in [-0.25, -0.2) is 4.68 Å². The van der Waals surface area contributed by atoms with Crippen molar-refractivity contribution in [3.05, 3.63) is 23.1 Å². The Bertz CT molecular complexity index is 803. The van der Waals surface area contributed by atoms with Gasteiger partial charge in [-0.05, 0) is 20.8 Å². The van der Waals surface area contributed by atoms with Crippen molar-refractivity contribution in [3.63, 3.8) is 0 Å². The lowest BCUT2D eigenvalue weighted by molar-refractivity contribution is 0.0822. The molecule has 1 N–H and O–H groups in total. The van der Waals surface area contributed by atoms with Crippen molar-refractivity contribution in [1.82, 2.24) is 24.5 Å². The average Bonchev–Trinajstić information content (AvgIpc) is 3.01. The third-order valence-electron chi connectivity index (χ3n) is 3.61. The molecule has 0 aliphatic carbocycles. The van der Waals surface area contributed by atoms with E-state index in [1.54, 1.807) is 45.9 Å². The van der Waals surface area contributed by atoms with Gasteiger partial charge >= 0.3 is 0 Å². The van der Waals surface area contributed by atoms with Gasteiger partial charge in [0, 0.05) is 34.3 Å². The van der Waals surface area contributed by atoms with Gasteiger partial charge in [0.15, 0.2) is 11.4 Å². The molecule has 9 heteroatoms. The van der Waals surface area contributed by atoms with E-state index in [4.69, 9.17) is 4.74 Å². The van der Waals surface area contributed by atoms with Crippen molar-refractivity contribution >= 4 is 17.5 Å². The van der Waals surface area contributed by atoms with Crippen LogP contribution in [0.4, 0.5) is 5.69 Å². The van der Waals surface area contributed by atoms with Crippen LogP contribution < -0.4 is 10.1 Å². The molecule has 0 aliphatic rings. The van der Waals surface area contributed by atoms with Gasteiger partial charge < -0.3 is 15.0 Å². The number of ether oxygens (including phenoxy) is 1. The molecule has 136 valence electrons. The molecule has 2 aromatic rings. The highest BCUT2D eigenvalue weighted by molar-refractivity contribution is 6.08. The second kappa shape index (κ2) is 6.96. The van der Waals surface area contributed by atoms with Crippen LogP contribution in [0.5, 0.6) is 5.88 Å². The zero-order chi connectivity index (χ0) is 18.9. The minimum absolute atomic E-state index is 0.0313. The minimum atomic E-state index is -0.432. The third-order valence-corrected chi connectivity index (χ3v) is 3.61. The fourth-order valence-electron chi connectivity index (χ4n) is 2.21. The number of carbonyl (C=O) groups is 2. The second-order valence-corrected chi connectivity index (χ2v) is 6.24. The summed E-state index contributed by atoms with van der Waals surface area (Å²) in [6, 6.07) is 1.56.